The first-order chi connectivity index (χ1) is 14.9. The van der Waals surface area contributed by atoms with Gasteiger partial charge in [-0.3, -0.25) is 9.59 Å². The number of hydrogen-bond acceptors (Lipinski definition) is 6. The third-order valence-electron chi connectivity index (χ3n) is 4.50. The van der Waals surface area contributed by atoms with Gasteiger partial charge in [0.05, 0.1) is 0 Å². The Morgan fingerprint density at radius 1 is 1.12 bits per heavy atom. The highest BCUT2D eigenvalue weighted by Crippen LogP contribution is 2.21. The molecule has 1 aromatic carbocycles. The minimum absolute atomic E-state index is 0.322. The number of rotatable bonds is 8. The van der Waals surface area contributed by atoms with Crippen molar-refractivity contribution in [3.63, 3.8) is 0 Å². The zero-order valence-electron chi connectivity index (χ0n) is 19.2. The molecule has 9 heteroatoms. The number of carbonyl (C=O) groups is 3. The molecule has 0 saturated carbocycles. The maximum atomic E-state index is 12.7. The van der Waals surface area contributed by atoms with E-state index in [2.05, 4.69) is 16.0 Å². The van der Waals surface area contributed by atoms with Crippen LogP contribution in [-0.2, 0) is 14.3 Å². The first kappa shape index (κ1) is 24.9. The molecule has 0 bridgehead atoms. The summed E-state index contributed by atoms with van der Waals surface area (Å²) in [4.78, 5) is 47.6. The van der Waals surface area contributed by atoms with Crippen LogP contribution in [-0.4, -0.2) is 36.1 Å². The lowest BCUT2D eigenvalue weighted by molar-refractivity contribution is -0.125. The van der Waals surface area contributed by atoms with Crippen LogP contribution >= 0.6 is 0 Å². The Balaban J connectivity index is 1.93. The fraction of sp³-hybridized carbons (Fsp3) is 0.478. The lowest BCUT2D eigenvalue weighted by Crippen LogP contribution is -2.43. The van der Waals surface area contributed by atoms with E-state index in [0.29, 0.717) is 37.1 Å². The van der Waals surface area contributed by atoms with Gasteiger partial charge in [-0.25, -0.2) is 9.59 Å². The van der Waals surface area contributed by atoms with Crippen LogP contribution in [0.1, 0.15) is 52.5 Å². The van der Waals surface area contributed by atoms with Gasteiger partial charge in [0.2, 0.25) is 11.8 Å². The molecule has 9 nitrogen and oxygen atoms in total. The second-order valence-electron chi connectivity index (χ2n) is 8.63. The van der Waals surface area contributed by atoms with Crippen molar-refractivity contribution in [1.29, 1.82) is 0 Å². The van der Waals surface area contributed by atoms with Crippen LogP contribution in [0, 0.1) is 6.92 Å². The number of fused-ring (bicyclic) bond motifs is 1. The van der Waals surface area contributed by atoms with E-state index in [0.717, 1.165) is 10.9 Å². The van der Waals surface area contributed by atoms with Crippen LogP contribution in [0.5, 0.6) is 0 Å². The summed E-state index contributed by atoms with van der Waals surface area (Å²) >= 11 is 0. The molecule has 0 radical (unpaired) electrons. The summed E-state index contributed by atoms with van der Waals surface area (Å²) in [6, 6.07) is 5.72. The Morgan fingerprint density at radius 2 is 1.84 bits per heavy atom. The maximum absolute atomic E-state index is 12.7. The molecule has 1 aromatic heterocycles. The summed E-state index contributed by atoms with van der Waals surface area (Å²) in [7, 11) is 0. The molecule has 2 rings (SSSR count). The van der Waals surface area contributed by atoms with Crippen LogP contribution in [0.15, 0.2) is 33.5 Å². The van der Waals surface area contributed by atoms with Gasteiger partial charge in [-0.2, -0.15) is 0 Å². The quantitative estimate of drug-likeness (QED) is 0.423. The molecule has 0 saturated heterocycles. The van der Waals surface area contributed by atoms with Gasteiger partial charge in [-0.05, 0) is 64.7 Å². The Morgan fingerprint density at radius 3 is 2.50 bits per heavy atom. The maximum Gasteiger partial charge on any atom is 0.407 e. The van der Waals surface area contributed by atoms with Crippen LogP contribution < -0.4 is 21.6 Å². The SMILES string of the molecule is CC(=O)N[C@@H](CCCCNC(=O)OC(C)(C)C)C(=O)Nc1ccc2c(C)cc(=O)oc2c1. The van der Waals surface area contributed by atoms with E-state index < -0.39 is 23.4 Å². The second kappa shape index (κ2) is 10.8. The number of ether oxygens (including phenoxy) is 1. The normalized spacial score (nSPS) is 12.2. The molecule has 1 atom stereocenters. The van der Waals surface area contributed by atoms with Crippen molar-refractivity contribution in [2.75, 3.05) is 11.9 Å². The zero-order chi connectivity index (χ0) is 23.9. The molecule has 2 aromatic rings. The van der Waals surface area contributed by atoms with Crippen molar-refractivity contribution in [2.24, 2.45) is 0 Å². The molecule has 0 fully saturated rings. The zero-order valence-corrected chi connectivity index (χ0v) is 19.2. The lowest BCUT2D eigenvalue weighted by atomic mass is 10.1. The molecular formula is C23H31N3O6. The first-order valence-electron chi connectivity index (χ1n) is 10.5. The predicted octanol–water partition coefficient (Wildman–Crippen LogP) is 3.24. The fourth-order valence-corrected chi connectivity index (χ4v) is 3.12. The van der Waals surface area contributed by atoms with Gasteiger partial charge in [0.15, 0.2) is 0 Å². The van der Waals surface area contributed by atoms with Crippen LogP contribution in [0.3, 0.4) is 0 Å². The average Bonchev–Trinajstić information content (AvgIpc) is 2.64. The van der Waals surface area contributed by atoms with E-state index >= 15 is 0 Å². The molecule has 3 N–H and O–H groups in total. The monoisotopic (exact) mass is 445 g/mol. The summed E-state index contributed by atoms with van der Waals surface area (Å²) in [5, 5.41) is 8.85. The molecule has 174 valence electrons. The number of hydrogen-bond donors (Lipinski definition) is 3. The number of nitrogens with one attached hydrogen (secondary N) is 3. The molecule has 0 aliphatic rings. The number of unbranched alkanes of at least 4 members (excludes halogenated alkanes) is 1. The minimum atomic E-state index is -0.741. The molecule has 32 heavy (non-hydrogen) atoms. The topological polar surface area (TPSA) is 127 Å². The summed E-state index contributed by atoms with van der Waals surface area (Å²) < 4.78 is 10.4. The highest BCUT2D eigenvalue weighted by molar-refractivity contribution is 5.98. The van der Waals surface area contributed by atoms with Crippen LogP contribution in [0.25, 0.3) is 11.0 Å². The molecule has 3 amide bonds. The average molecular weight is 446 g/mol. The largest absolute Gasteiger partial charge is 0.444 e. The van der Waals surface area contributed by atoms with Gasteiger partial charge >= 0.3 is 11.7 Å². The number of anilines is 1. The second-order valence-corrected chi connectivity index (χ2v) is 8.63. The van der Waals surface area contributed by atoms with Crippen molar-refractivity contribution < 1.29 is 23.5 Å². The molecule has 0 spiro atoms. The standard InChI is InChI=1S/C23H31N3O6/c1-14-12-20(28)31-19-13-16(9-10-17(14)19)26-21(29)18(25-15(2)27)8-6-7-11-24-22(30)32-23(3,4)5/h9-10,12-13,18H,6-8,11H2,1-5H3,(H,24,30)(H,25,27)(H,26,29)/t18-/m0/s1. The van der Waals surface area contributed by atoms with E-state index in [1.807, 2.05) is 6.92 Å². The van der Waals surface area contributed by atoms with E-state index in [1.165, 1.54) is 13.0 Å². The van der Waals surface area contributed by atoms with Crippen molar-refractivity contribution in [3.05, 3.63) is 40.2 Å². The smallest absolute Gasteiger partial charge is 0.407 e. The Labute approximate surface area is 186 Å². The minimum Gasteiger partial charge on any atom is -0.444 e. The van der Waals surface area contributed by atoms with Gasteiger partial charge in [0, 0.05) is 36.7 Å². The molecule has 0 unspecified atom stereocenters. The third kappa shape index (κ3) is 8.05. The van der Waals surface area contributed by atoms with Crippen LogP contribution in [0.2, 0.25) is 0 Å². The lowest BCUT2D eigenvalue weighted by Gasteiger charge is -2.20. The van der Waals surface area contributed by atoms with Crippen molar-refractivity contribution in [3.8, 4) is 0 Å². The van der Waals surface area contributed by atoms with Gasteiger partial charge in [0.1, 0.15) is 17.2 Å². The van der Waals surface area contributed by atoms with E-state index in [1.54, 1.807) is 39.0 Å². The highest BCUT2D eigenvalue weighted by atomic mass is 16.6. The van der Waals surface area contributed by atoms with E-state index in [9.17, 15) is 19.2 Å². The number of alkyl carbamates (subject to hydrolysis) is 1. The number of amides is 3. The summed E-state index contributed by atoms with van der Waals surface area (Å²) in [6.45, 7) is 8.90. The third-order valence-corrected chi connectivity index (χ3v) is 4.50. The van der Waals surface area contributed by atoms with Crippen molar-refractivity contribution in [2.45, 2.75) is 65.5 Å². The predicted molar refractivity (Wildman–Crippen MR) is 122 cm³/mol. The number of carbonyl (C=O) groups excluding carboxylic acids is 3. The molecule has 0 aliphatic carbocycles. The number of aryl methyl sites for hydroxylation is 1. The Hall–Kier alpha value is -3.36. The van der Waals surface area contributed by atoms with Crippen LogP contribution in [0.4, 0.5) is 10.5 Å². The summed E-state index contributed by atoms with van der Waals surface area (Å²) in [6.07, 6.45) is 1.11. The molecule has 1 heterocycles. The Bertz CT molecular complexity index is 1040. The highest BCUT2D eigenvalue weighted by Gasteiger charge is 2.20. The van der Waals surface area contributed by atoms with Crippen molar-refractivity contribution in [1.82, 2.24) is 10.6 Å². The fourth-order valence-electron chi connectivity index (χ4n) is 3.12. The summed E-state index contributed by atoms with van der Waals surface area (Å²) in [5.41, 5.74) is 0.581. The van der Waals surface area contributed by atoms with E-state index in [4.69, 9.17) is 9.15 Å². The summed E-state index contributed by atoms with van der Waals surface area (Å²) in [5.74, 6) is -0.702. The number of benzene rings is 1. The van der Waals surface area contributed by atoms with Gasteiger partial charge in [-0.1, -0.05) is 0 Å². The Kier molecular flexibility index (Phi) is 8.40. The van der Waals surface area contributed by atoms with Gasteiger partial charge in [-0.15, -0.1) is 0 Å². The molecular weight excluding hydrogens is 414 g/mol. The van der Waals surface area contributed by atoms with E-state index in [-0.39, 0.29) is 11.8 Å². The van der Waals surface area contributed by atoms with Gasteiger partial charge < -0.3 is 25.1 Å². The van der Waals surface area contributed by atoms with Crippen molar-refractivity contribution >= 4 is 34.6 Å². The van der Waals surface area contributed by atoms with Gasteiger partial charge in [0.25, 0.3) is 0 Å². The first-order valence-corrected chi connectivity index (χ1v) is 10.5. The molecule has 0 aliphatic heterocycles.